The number of methoxy groups -OCH3 is 1. The number of hydrogen-bond donors (Lipinski definition) is 0. The first-order valence-electron chi connectivity index (χ1n) is 7.27. The molecule has 21 heavy (non-hydrogen) atoms. The van der Waals surface area contributed by atoms with Crippen molar-refractivity contribution in [2.45, 2.75) is 51.2 Å². The fraction of sp³-hybridized carbons (Fsp3) is 0.529. The Balaban J connectivity index is 1.71. The highest BCUT2D eigenvalue weighted by Gasteiger charge is 2.54. The third kappa shape index (κ3) is 3.04. The largest absolute Gasteiger partial charge is 0.375 e. The second-order valence-electron chi connectivity index (χ2n) is 6.04. The molecule has 4 nitrogen and oxygen atoms in total. The highest BCUT2D eigenvalue weighted by atomic mass is 16.8. The van der Waals surface area contributed by atoms with Crippen molar-refractivity contribution in [3.63, 3.8) is 0 Å². The molecule has 2 saturated heterocycles. The van der Waals surface area contributed by atoms with E-state index < -0.39 is 5.79 Å². The van der Waals surface area contributed by atoms with E-state index in [0.29, 0.717) is 0 Å². The van der Waals surface area contributed by atoms with Gasteiger partial charge in [-0.05, 0) is 26.3 Å². The minimum Gasteiger partial charge on any atom is -0.375 e. The quantitative estimate of drug-likeness (QED) is 0.857. The Morgan fingerprint density at radius 1 is 1.14 bits per heavy atom. The van der Waals surface area contributed by atoms with Crippen LogP contribution in [0.5, 0.6) is 0 Å². The molecule has 114 valence electrons. The highest BCUT2D eigenvalue weighted by Crippen LogP contribution is 2.38. The van der Waals surface area contributed by atoms with Crippen molar-refractivity contribution >= 4 is 6.08 Å². The molecule has 0 bridgehead atoms. The molecule has 1 aromatic rings. The Morgan fingerprint density at radius 2 is 1.86 bits per heavy atom. The Morgan fingerprint density at radius 3 is 2.52 bits per heavy atom. The number of benzene rings is 1. The minimum absolute atomic E-state index is 0.154. The molecule has 4 atom stereocenters. The van der Waals surface area contributed by atoms with Gasteiger partial charge in [-0.25, -0.2) is 0 Å². The van der Waals surface area contributed by atoms with E-state index in [-0.39, 0.29) is 24.6 Å². The maximum atomic E-state index is 5.91. The molecule has 1 aromatic carbocycles. The van der Waals surface area contributed by atoms with Gasteiger partial charge in [0.15, 0.2) is 12.1 Å². The van der Waals surface area contributed by atoms with Gasteiger partial charge in [0.05, 0.1) is 0 Å². The molecule has 3 rings (SSSR count). The Kier molecular flexibility index (Phi) is 3.88. The molecule has 0 aromatic heterocycles. The summed E-state index contributed by atoms with van der Waals surface area (Å²) < 4.78 is 23.1. The van der Waals surface area contributed by atoms with Crippen molar-refractivity contribution in [1.82, 2.24) is 0 Å². The van der Waals surface area contributed by atoms with Crippen molar-refractivity contribution < 1.29 is 18.9 Å². The van der Waals surface area contributed by atoms with Crippen molar-refractivity contribution in [1.29, 1.82) is 0 Å². The van der Waals surface area contributed by atoms with E-state index in [0.717, 1.165) is 5.56 Å². The normalized spacial score (nSPS) is 34.5. The van der Waals surface area contributed by atoms with E-state index in [1.807, 2.05) is 26.0 Å². The topological polar surface area (TPSA) is 36.9 Å². The summed E-state index contributed by atoms with van der Waals surface area (Å²) in [7, 11) is 1.68. The van der Waals surface area contributed by atoms with Gasteiger partial charge < -0.3 is 18.9 Å². The van der Waals surface area contributed by atoms with Crippen LogP contribution in [-0.4, -0.2) is 37.5 Å². The van der Waals surface area contributed by atoms with Crippen LogP contribution in [0.1, 0.15) is 25.0 Å². The zero-order valence-electron chi connectivity index (χ0n) is 12.9. The van der Waals surface area contributed by atoms with Crippen LogP contribution in [-0.2, 0) is 18.9 Å². The second kappa shape index (κ2) is 5.54. The molecule has 0 spiro atoms. The van der Waals surface area contributed by atoms with E-state index in [1.165, 1.54) is 5.56 Å². The average molecular weight is 290 g/mol. The van der Waals surface area contributed by atoms with E-state index in [2.05, 4.69) is 31.2 Å². The van der Waals surface area contributed by atoms with Gasteiger partial charge in [0.25, 0.3) is 0 Å². The molecule has 0 radical (unpaired) electrons. The molecule has 0 saturated carbocycles. The van der Waals surface area contributed by atoms with Crippen LogP contribution < -0.4 is 0 Å². The maximum absolute atomic E-state index is 5.91. The van der Waals surface area contributed by atoms with Crippen molar-refractivity contribution in [2.75, 3.05) is 7.11 Å². The molecule has 0 amide bonds. The van der Waals surface area contributed by atoms with Crippen LogP contribution in [0.25, 0.3) is 6.08 Å². The summed E-state index contributed by atoms with van der Waals surface area (Å²) in [6, 6.07) is 8.35. The lowest BCUT2D eigenvalue weighted by Gasteiger charge is -2.23. The highest BCUT2D eigenvalue weighted by molar-refractivity contribution is 5.50. The summed E-state index contributed by atoms with van der Waals surface area (Å²) in [4.78, 5) is 0. The number of rotatable bonds is 3. The van der Waals surface area contributed by atoms with Crippen LogP contribution in [0, 0.1) is 6.92 Å². The monoisotopic (exact) mass is 290 g/mol. The van der Waals surface area contributed by atoms with Crippen LogP contribution in [0.15, 0.2) is 30.3 Å². The summed E-state index contributed by atoms with van der Waals surface area (Å²) >= 11 is 0. The predicted octanol–water partition coefficient (Wildman–Crippen LogP) is 2.90. The molecular weight excluding hydrogens is 268 g/mol. The molecular formula is C17H22O4. The summed E-state index contributed by atoms with van der Waals surface area (Å²) in [5.41, 5.74) is 2.39. The van der Waals surface area contributed by atoms with Crippen LogP contribution >= 0.6 is 0 Å². The van der Waals surface area contributed by atoms with Crippen LogP contribution in [0.4, 0.5) is 0 Å². The third-order valence-corrected chi connectivity index (χ3v) is 3.85. The maximum Gasteiger partial charge on any atom is 0.190 e. The predicted molar refractivity (Wildman–Crippen MR) is 79.7 cm³/mol. The van der Waals surface area contributed by atoms with E-state index in [9.17, 15) is 0 Å². The zero-order valence-corrected chi connectivity index (χ0v) is 12.9. The smallest absolute Gasteiger partial charge is 0.190 e. The van der Waals surface area contributed by atoms with Gasteiger partial charge in [-0.3, -0.25) is 0 Å². The first-order chi connectivity index (χ1) is 9.98. The Hall–Kier alpha value is -1.20. The van der Waals surface area contributed by atoms with Gasteiger partial charge in [-0.1, -0.05) is 42.0 Å². The van der Waals surface area contributed by atoms with E-state index in [4.69, 9.17) is 18.9 Å². The van der Waals surface area contributed by atoms with Gasteiger partial charge >= 0.3 is 0 Å². The molecule has 2 aliphatic rings. The molecule has 0 aliphatic carbocycles. The standard InChI is InChI=1S/C17H22O4/c1-11-5-7-12(8-6-11)9-10-13-14(18-4)15-16(19-13)21-17(2,3)20-15/h5-10,13-16H,1-4H3/b10-9+/t13-,14+,15-,16-/m1/s1. The zero-order chi connectivity index (χ0) is 15.0. The number of ether oxygens (including phenoxy) is 4. The molecule has 2 heterocycles. The van der Waals surface area contributed by atoms with E-state index >= 15 is 0 Å². The molecule has 0 N–H and O–H groups in total. The SMILES string of the molecule is CO[C@@H]1[C@H]2OC(C)(C)O[C@H]2O[C@@H]1/C=C/c1ccc(C)cc1. The summed E-state index contributed by atoms with van der Waals surface area (Å²) in [6.07, 6.45) is 3.19. The Bertz CT molecular complexity index is 520. The molecule has 0 unspecified atom stereocenters. The van der Waals surface area contributed by atoms with Crippen molar-refractivity contribution in [3.05, 3.63) is 41.5 Å². The lowest BCUT2D eigenvalue weighted by molar-refractivity contribution is -0.210. The summed E-state index contributed by atoms with van der Waals surface area (Å²) in [6.45, 7) is 5.85. The molecule has 2 fully saturated rings. The summed E-state index contributed by atoms with van der Waals surface area (Å²) in [5.74, 6) is -0.613. The van der Waals surface area contributed by atoms with Crippen LogP contribution in [0.3, 0.4) is 0 Å². The first kappa shape index (κ1) is 14.7. The fourth-order valence-corrected chi connectivity index (χ4v) is 2.81. The Labute approximate surface area is 125 Å². The minimum atomic E-state index is -0.613. The lowest BCUT2D eigenvalue weighted by atomic mass is 10.1. The summed E-state index contributed by atoms with van der Waals surface area (Å²) in [5, 5.41) is 0. The van der Waals surface area contributed by atoms with E-state index in [1.54, 1.807) is 7.11 Å². The third-order valence-electron chi connectivity index (χ3n) is 3.85. The second-order valence-corrected chi connectivity index (χ2v) is 6.04. The van der Waals surface area contributed by atoms with Crippen molar-refractivity contribution in [2.24, 2.45) is 0 Å². The number of hydrogen-bond acceptors (Lipinski definition) is 4. The van der Waals surface area contributed by atoms with Gasteiger partial charge in [0.2, 0.25) is 0 Å². The number of aryl methyl sites for hydroxylation is 1. The van der Waals surface area contributed by atoms with Crippen molar-refractivity contribution in [3.8, 4) is 0 Å². The fourth-order valence-electron chi connectivity index (χ4n) is 2.81. The van der Waals surface area contributed by atoms with Gasteiger partial charge in [-0.2, -0.15) is 0 Å². The van der Waals surface area contributed by atoms with Gasteiger partial charge in [-0.15, -0.1) is 0 Å². The van der Waals surface area contributed by atoms with Crippen LogP contribution in [0.2, 0.25) is 0 Å². The average Bonchev–Trinajstić information content (AvgIpc) is 2.89. The first-order valence-corrected chi connectivity index (χ1v) is 7.27. The number of fused-ring (bicyclic) bond motifs is 1. The lowest BCUT2D eigenvalue weighted by Crippen LogP contribution is -2.35. The van der Waals surface area contributed by atoms with Gasteiger partial charge in [0.1, 0.15) is 18.3 Å². The molecule has 2 aliphatic heterocycles. The van der Waals surface area contributed by atoms with Gasteiger partial charge in [0, 0.05) is 7.11 Å². The molecule has 4 heteroatoms.